The molecule has 1 amide bonds. The number of nitrogens with zero attached hydrogens (tertiary/aromatic N) is 1. The second-order valence-electron chi connectivity index (χ2n) is 9.23. The first-order valence-electron chi connectivity index (χ1n) is 11.8. The molecule has 35 heavy (non-hydrogen) atoms. The summed E-state index contributed by atoms with van der Waals surface area (Å²) in [5.41, 5.74) is 2.09. The lowest BCUT2D eigenvalue weighted by Gasteiger charge is -2.30. The standard InChI is InChI=1S/C27H36N2O6/c1-15(2)22(20-12-10-9-11-17(20)5)19(7)34-27(32)18(6)29-25(30)23-24(35-26(31)16(3)4)21(33-8)13-14-28-23/h9-16,18-19,22H,1-8H3,(H,29,30)/t18-,19-,22+/m0/s1. The highest BCUT2D eigenvalue weighted by Gasteiger charge is 2.30. The van der Waals surface area contributed by atoms with Crippen molar-refractivity contribution < 1.29 is 28.6 Å². The molecule has 1 aromatic carbocycles. The summed E-state index contributed by atoms with van der Waals surface area (Å²) in [4.78, 5) is 42.0. The molecule has 1 N–H and O–H groups in total. The van der Waals surface area contributed by atoms with E-state index in [1.54, 1.807) is 13.8 Å². The molecule has 0 saturated carbocycles. The van der Waals surface area contributed by atoms with Crippen LogP contribution in [0.25, 0.3) is 0 Å². The zero-order chi connectivity index (χ0) is 26.3. The number of aryl methyl sites for hydroxylation is 1. The Bertz CT molecular complexity index is 1050. The molecule has 0 aliphatic heterocycles. The quantitative estimate of drug-likeness (QED) is 0.497. The number of aromatic nitrogens is 1. The van der Waals surface area contributed by atoms with Crippen molar-refractivity contribution in [1.82, 2.24) is 10.3 Å². The Balaban J connectivity index is 2.17. The highest BCUT2D eigenvalue weighted by Crippen LogP contribution is 2.32. The number of carbonyl (C=O) groups is 3. The first-order valence-corrected chi connectivity index (χ1v) is 11.8. The Hall–Kier alpha value is -3.42. The average Bonchev–Trinajstić information content (AvgIpc) is 2.80. The van der Waals surface area contributed by atoms with Gasteiger partial charge in [0.25, 0.3) is 5.91 Å². The van der Waals surface area contributed by atoms with Crippen LogP contribution < -0.4 is 14.8 Å². The van der Waals surface area contributed by atoms with Crippen LogP contribution in [-0.2, 0) is 14.3 Å². The summed E-state index contributed by atoms with van der Waals surface area (Å²) < 4.78 is 16.4. The normalized spacial score (nSPS) is 13.7. The number of rotatable bonds is 10. The summed E-state index contributed by atoms with van der Waals surface area (Å²) in [6.45, 7) is 12.9. The van der Waals surface area contributed by atoms with Crippen LogP contribution in [0, 0.1) is 18.8 Å². The number of pyridine rings is 1. The smallest absolute Gasteiger partial charge is 0.328 e. The summed E-state index contributed by atoms with van der Waals surface area (Å²) in [5.74, 6) is -1.93. The van der Waals surface area contributed by atoms with Gasteiger partial charge in [-0.15, -0.1) is 0 Å². The third-order valence-electron chi connectivity index (χ3n) is 5.75. The van der Waals surface area contributed by atoms with Crippen LogP contribution in [-0.4, -0.2) is 42.1 Å². The number of esters is 2. The first kappa shape index (κ1) is 27.8. The van der Waals surface area contributed by atoms with E-state index in [2.05, 4.69) is 24.1 Å². The second kappa shape index (κ2) is 12.3. The van der Waals surface area contributed by atoms with Gasteiger partial charge in [0.15, 0.2) is 11.4 Å². The van der Waals surface area contributed by atoms with Gasteiger partial charge in [-0.1, -0.05) is 52.0 Å². The van der Waals surface area contributed by atoms with Crippen LogP contribution in [0.5, 0.6) is 11.5 Å². The number of nitrogens with one attached hydrogen (secondary N) is 1. The van der Waals surface area contributed by atoms with Gasteiger partial charge in [0.2, 0.25) is 5.75 Å². The minimum atomic E-state index is -0.962. The largest absolute Gasteiger partial charge is 0.493 e. The van der Waals surface area contributed by atoms with E-state index < -0.39 is 35.9 Å². The third-order valence-corrected chi connectivity index (χ3v) is 5.75. The number of carbonyl (C=O) groups excluding carboxylic acids is 3. The van der Waals surface area contributed by atoms with Crippen LogP contribution in [0.4, 0.5) is 0 Å². The van der Waals surface area contributed by atoms with E-state index in [4.69, 9.17) is 14.2 Å². The van der Waals surface area contributed by atoms with Gasteiger partial charge in [0.1, 0.15) is 12.1 Å². The molecule has 0 unspecified atom stereocenters. The zero-order valence-electron chi connectivity index (χ0n) is 21.7. The van der Waals surface area contributed by atoms with Crippen LogP contribution in [0.15, 0.2) is 36.5 Å². The van der Waals surface area contributed by atoms with Gasteiger partial charge in [-0.25, -0.2) is 9.78 Å². The molecular weight excluding hydrogens is 448 g/mol. The maximum Gasteiger partial charge on any atom is 0.328 e. The van der Waals surface area contributed by atoms with Crippen LogP contribution in [0.2, 0.25) is 0 Å². The fraction of sp³-hybridized carbons (Fsp3) is 0.481. The molecule has 0 fully saturated rings. The first-order chi connectivity index (χ1) is 16.5. The predicted octanol–water partition coefficient (Wildman–Crippen LogP) is 4.45. The van der Waals surface area contributed by atoms with E-state index in [0.29, 0.717) is 0 Å². The lowest BCUT2D eigenvalue weighted by Crippen LogP contribution is -2.42. The van der Waals surface area contributed by atoms with Gasteiger partial charge in [-0.3, -0.25) is 9.59 Å². The minimum absolute atomic E-state index is 0.00912. The van der Waals surface area contributed by atoms with Crippen molar-refractivity contribution in [2.45, 2.75) is 66.5 Å². The van der Waals surface area contributed by atoms with Crippen molar-refractivity contribution in [1.29, 1.82) is 0 Å². The fourth-order valence-electron chi connectivity index (χ4n) is 3.87. The Morgan fingerprint density at radius 1 is 0.943 bits per heavy atom. The summed E-state index contributed by atoms with van der Waals surface area (Å²) >= 11 is 0. The summed E-state index contributed by atoms with van der Waals surface area (Å²) in [6.07, 6.45) is 0.946. The molecule has 3 atom stereocenters. The predicted molar refractivity (Wildman–Crippen MR) is 133 cm³/mol. The maximum absolute atomic E-state index is 13.0. The van der Waals surface area contributed by atoms with E-state index in [1.807, 2.05) is 38.1 Å². The SMILES string of the molecule is COc1ccnc(C(=O)N[C@@H](C)C(=O)O[C@@H](C)[C@H](c2ccccc2C)C(C)C)c1OC(=O)C(C)C. The second-order valence-corrected chi connectivity index (χ2v) is 9.23. The molecule has 1 heterocycles. The van der Waals surface area contributed by atoms with E-state index >= 15 is 0 Å². The molecular formula is C27H36N2O6. The van der Waals surface area contributed by atoms with Gasteiger partial charge in [0.05, 0.1) is 13.0 Å². The topological polar surface area (TPSA) is 104 Å². The van der Waals surface area contributed by atoms with Crippen LogP contribution in [0.3, 0.4) is 0 Å². The molecule has 0 radical (unpaired) electrons. The number of amides is 1. The molecule has 1 aromatic heterocycles. The molecule has 0 spiro atoms. The lowest BCUT2D eigenvalue weighted by molar-refractivity contribution is -0.151. The molecule has 8 heteroatoms. The van der Waals surface area contributed by atoms with Crippen molar-refractivity contribution in [3.05, 3.63) is 53.3 Å². The Labute approximate surface area is 207 Å². The van der Waals surface area contributed by atoms with Crippen molar-refractivity contribution >= 4 is 17.8 Å². The van der Waals surface area contributed by atoms with Gasteiger partial charge in [-0.2, -0.15) is 0 Å². The van der Waals surface area contributed by atoms with Crippen LogP contribution >= 0.6 is 0 Å². The van der Waals surface area contributed by atoms with Gasteiger partial charge >= 0.3 is 11.9 Å². The number of methoxy groups -OCH3 is 1. The van der Waals surface area contributed by atoms with Gasteiger partial charge in [0, 0.05) is 18.2 Å². The number of hydrogen-bond acceptors (Lipinski definition) is 7. The van der Waals surface area contributed by atoms with Gasteiger partial charge < -0.3 is 19.5 Å². The molecule has 0 aliphatic carbocycles. The monoisotopic (exact) mass is 484 g/mol. The van der Waals surface area contributed by atoms with Crippen LogP contribution in [0.1, 0.15) is 69.1 Å². The molecule has 8 nitrogen and oxygen atoms in total. The zero-order valence-corrected chi connectivity index (χ0v) is 21.7. The molecule has 0 saturated heterocycles. The average molecular weight is 485 g/mol. The number of ether oxygens (including phenoxy) is 3. The summed E-state index contributed by atoms with van der Waals surface area (Å²) in [6, 6.07) is 8.55. The highest BCUT2D eigenvalue weighted by atomic mass is 16.6. The molecule has 0 aliphatic rings. The molecule has 2 rings (SSSR count). The van der Waals surface area contributed by atoms with Gasteiger partial charge in [-0.05, 0) is 37.8 Å². The summed E-state index contributed by atoms with van der Waals surface area (Å²) in [5, 5.41) is 2.59. The minimum Gasteiger partial charge on any atom is -0.493 e. The Morgan fingerprint density at radius 3 is 2.17 bits per heavy atom. The molecule has 2 aromatic rings. The third kappa shape index (κ3) is 7.04. The van der Waals surface area contributed by atoms with Crippen molar-refractivity contribution in [3.8, 4) is 11.5 Å². The van der Waals surface area contributed by atoms with Crippen molar-refractivity contribution in [3.63, 3.8) is 0 Å². The van der Waals surface area contributed by atoms with Crippen molar-refractivity contribution in [2.24, 2.45) is 11.8 Å². The number of benzene rings is 1. The van der Waals surface area contributed by atoms with E-state index in [9.17, 15) is 14.4 Å². The summed E-state index contributed by atoms with van der Waals surface area (Å²) in [7, 11) is 1.39. The van der Waals surface area contributed by atoms with E-state index in [-0.39, 0.29) is 29.0 Å². The highest BCUT2D eigenvalue weighted by molar-refractivity contribution is 5.98. The number of hydrogen-bond donors (Lipinski definition) is 1. The Morgan fingerprint density at radius 2 is 1.60 bits per heavy atom. The maximum atomic E-state index is 13.0. The molecule has 190 valence electrons. The fourth-order valence-corrected chi connectivity index (χ4v) is 3.87. The van der Waals surface area contributed by atoms with E-state index in [0.717, 1.165) is 11.1 Å². The molecule has 0 bridgehead atoms. The van der Waals surface area contributed by atoms with E-state index in [1.165, 1.54) is 26.3 Å². The Kier molecular flexibility index (Phi) is 9.80. The van der Waals surface area contributed by atoms with Crippen molar-refractivity contribution in [2.75, 3.05) is 7.11 Å². The lowest BCUT2D eigenvalue weighted by atomic mass is 9.82.